The van der Waals surface area contributed by atoms with Crippen LogP contribution in [0.4, 0.5) is 27.6 Å². The topological polar surface area (TPSA) is 50.1 Å². The number of benzene rings is 2. The van der Waals surface area contributed by atoms with Crippen LogP contribution < -0.4 is 5.32 Å². The molecule has 4 nitrogen and oxygen atoms in total. The molecule has 0 saturated heterocycles. The minimum atomic E-state index is -4.56. The number of fused-ring (bicyclic) bond motifs is 1. The van der Waals surface area contributed by atoms with Crippen molar-refractivity contribution in [1.29, 1.82) is 0 Å². The van der Waals surface area contributed by atoms with Gasteiger partial charge in [0, 0.05) is 24.5 Å². The fourth-order valence-corrected chi connectivity index (χ4v) is 3.69. The SMILES string of the molecule is CNc1cccc2c1cnn2C(CC(F)F)(c1ccc(C(F)(F)F)cc1)C(C)O. The van der Waals surface area contributed by atoms with Crippen molar-refractivity contribution in [3.8, 4) is 0 Å². The number of aliphatic hydroxyl groups is 1. The Morgan fingerprint density at radius 2 is 1.69 bits per heavy atom. The number of aromatic nitrogens is 2. The number of nitrogens with zero attached hydrogens (tertiary/aromatic N) is 2. The smallest absolute Gasteiger partial charge is 0.391 e. The first-order valence-corrected chi connectivity index (χ1v) is 8.90. The van der Waals surface area contributed by atoms with Crippen molar-refractivity contribution in [2.24, 2.45) is 0 Å². The Balaban J connectivity index is 2.28. The number of rotatable bonds is 6. The van der Waals surface area contributed by atoms with E-state index in [0.29, 0.717) is 16.6 Å². The zero-order chi connectivity index (χ0) is 21.4. The lowest BCUT2D eigenvalue weighted by Crippen LogP contribution is -2.47. The average molecular weight is 413 g/mol. The summed E-state index contributed by atoms with van der Waals surface area (Å²) in [5.74, 6) is 0. The molecule has 1 aromatic heterocycles. The Hall–Kier alpha value is -2.68. The minimum Gasteiger partial charge on any atom is -0.391 e. The van der Waals surface area contributed by atoms with E-state index in [1.54, 1.807) is 25.2 Å². The van der Waals surface area contributed by atoms with Crippen LogP contribution in [0.5, 0.6) is 0 Å². The highest BCUT2D eigenvalue weighted by molar-refractivity contribution is 5.91. The van der Waals surface area contributed by atoms with Gasteiger partial charge in [-0.1, -0.05) is 18.2 Å². The van der Waals surface area contributed by atoms with Crippen molar-refractivity contribution in [1.82, 2.24) is 9.78 Å². The third-order valence-corrected chi connectivity index (χ3v) is 5.13. The molecule has 2 aromatic carbocycles. The van der Waals surface area contributed by atoms with Gasteiger partial charge in [-0.3, -0.25) is 4.68 Å². The molecule has 3 aromatic rings. The average Bonchev–Trinajstić information content (AvgIpc) is 3.09. The molecule has 9 heteroatoms. The molecule has 0 bridgehead atoms. The van der Waals surface area contributed by atoms with Crippen molar-refractivity contribution in [2.45, 2.75) is 37.6 Å². The fraction of sp³-hybridized carbons (Fsp3) is 0.350. The first-order chi connectivity index (χ1) is 13.6. The lowest BCUT2D eigenvalue weighted by molar-refractivity contribution is -0.137. The van der Waals surface area contributed by atoms with Crippen molar-refractivity contribution >= 4 is 16.6 Å². The quantitative estimate of drug-likeness (QED) is 0.567. The van der Waals surface area contributed by atoms with Gasteiger partial charge in [0.15, 0.2) is 0 Å². The van der Waals surface area contributed by atoms with Gasteiger partial charge in [-0.05, 0) is 36.8 Å². The summed E-state index contributed by atoms with van der Waals surface area (Å²) in [6, 6.07) is 9.03. The van der Waals surface area contributed by atoms with Gasteiger partial charge in [0.2, 0.25) is 6.43 Å². The Bertz CT molecular complexity index is 982. The maximum Gasteiger partial charge on any atom is 0.416 e. The summed E-state index contributed by atoms with van der Waals surface area (Å²) in [6.07, 6.45) is -8.10. The van der Waals surface area contributed by atoms with Crippen molar-refractivity contribution in [3.63, 3.8) is 0 Å². The second kappa shape index (κ2) is 7.62. The molecule has 2 unspecified atom stereocenters. The van der Waals surface area contributed by atoms with Gasteiger partial charge in [0.05, 0.1) is 23.4 Å². The molecule has 156 valence electrons. The number of aliphatic hydroxyl groups excluding tert-OH is 1. The van der Waals surface area contributed by atoms with E-state index in [4.69, 9.17) is 0 Å². The molecule has 0 radical (unpaired) electrons. The molecule has 29 heavy (non-hydrogen) atoms. The number of alkyl halides is 5. The van der Waals surface area contributed by atoms with Crippen LogP contribution in [0.1, 0.15) is 24.5 Å². The van der Waals surface area contributed by atoms with Crippen molar-refractivity contribution < 1.29 is 27.1 Å². The lowest BCUT2D eigenvalue weighted by atomic mass is 9.81. The van der Waals surface area contributed by atoms with Crippen LogP contribution in [0, 0.1) is 0 Å². The van der Waals surface area contributed by atoms with E-state index in [9.17, 15) is 27.1 Å². The van der Waals surface area contributed by atoms with E-state index in [1.807, 2.05) is 0 Å². The Morgan fingerprint density at radius 3 is 2.21 bits per heavy atom. The standard InChI is InChI=1S/C20H20F5N3O/c1-12(29)19(10-18(21)22,13-6-8-14(9-7-13)20(23,24)25)28-17-5-3-4-16(26-2)15(17)11-27-28/h3-9,11-12,18,26,29H,10H2,1-2H3. The van der Waals surface area contributed by atoms with E-state index in [2.05, 4.69) is 10.4 Å². The molecule has 0 aliphatic carbocycles. The monoisotopic (exact) mass is 413 g/mol. The predicted molar refractivity (Wildman–Crippen MR) is 100 cm³/mol. The van der Waals surface area contributed by atoms with Crippen LogP contribution in [0.15, 0.2) is 48.7 Å². The molecule has 1 heterocycles. The van der Waals surface area contributed by atoms with E-state index in [1.165, 1.54) is 17.8 Å². The first kappa shape index (κ1) is 21.0. The summed E-state index contributed by atoms with van der Waals surface area (Å²) in [4.78, 5) is 0. The Labute approximate surface area is 164 Å². The molecular weight excluding hydrogens is 393 g/mol. The molecule has 2 atom stereocenters. The summed E-state index contributed by atoms with van der Waals surface area (Å²) in [6.45, 7) is 1.33. The minimum absolute atomic E-state index is 0.112. The largest absolute Gasteiger partial charge is 0.416 e. The molecule has 2 N–H and O–H groups in total. The number of hydrogen-bond donors (Lipinski definition) is 2. The number of anilines is 1. The van der Waals surface area contributed by atoms with Crippen LogP contribution in [0.2, 0.25) is 0 Å². The molecule has 0 fully saturated rings. The van der Waals surface area contributed by atoms with Crippen LogP contribution in [0.25, 0.3) is 10.9 Å². The maximum atomic E-state index is 13.6. The van der Waals surface area contributed by atoms with E-state index >= 15 is 0 Å². The highest BCUT2D eigenvalue weighted by atomic mass is 19.4. The maximum absolute atomic E-state index is 13.6. The number of nitrogens with one attached hydrogen (secondary N) is 1. The predicted octanol–water partition coefficient (Wildman–Crippen LogP) is 4.88. The van der Waals surface area contributed by atoms with Crippen LogP contribution >= 0.6 is 0 Å². The van der Waals surface area contributed by atoms with Crippen LogP contribution in [-0.4, -0.2) is 34.5 Å². The first-order valence-electron chi connectivity index (χ1n) is 8.90. The van der Waals surface area contributed by atoms with E-state index in [0.717, 1.165) is 24.3 Å². The molecule has 0 aliphatic heterocycles. The molecule has 0 saturated carbocycles. The van der Waals surface area contributed by atoms with E-state index in [-0.39, 0.29) is 5.56 Å². The zero-order valence-electron chi connectivity index (χ0n) is 15.7. The summed E-state index contributed by atoms with van der Waals surface area (Å²) < 4.78 is 67.4. The summed E-state index contributed by atoms with van der Waals surface area (Å²) >= 11 is 0. The molecule has 0 spiro atoms. The highest BCUT2D eigenvalue weighted by Crippen LogP contribution is 2.40. The van der Waals surface area contributed by atoms with Gasteiger partial charge in [-0.25, -0.2) is 8.78 Å². The van der Waals surface area contributed by atoms with Gasteiger partial charge < -0.3 is 10.4 Å². The second-order valence-corrected chi connectivity index (χ2v) is 6.82. The lowest BCUT2D eigenvalue weighted by Gasteiger charge is -2.38. The molecule has 3 rings (SSSR count). The number of halogens is 5. The molecular formula is C20H20F5N3O. The van der Waals surface area contributed by atoms with Gasteiger partial charge in [-0.2, -0.15) is 18.3 Å². The Morgan fingerprint density at radius 1 is 1.07 bits per heavy atom. The third kappa shape index (κ3) is 3.66. The van der Waals surface area contributed by atoms with E-state index < -0.39 is 36.2 Å². The van der Waals surface area contributed by atoms with Gasteiger partial charge in [0.1, 0.15) is 5.54 Å². The summed E-state index contributed by atoms with van der Waals surface area (Å²) in [5.41, 5.74) is -1.37. The number of hydrogen-bond acceptors (Lipinski definition) is 3. The van der Waals surface area contributed by atoms with Gasteiger partial charge in [-0.15, -0.1) is 0 Å². The van der Waals surface area contributed by atoms with Crippen LogP contribution in [-0.2, 0) is 11.7 Å². The van der Waals surface area contributed by atoms with Gasteiger partial charge >= 0.3 is 6.18 Å². The summed E-state index contributed by atoms with van der Waals surface area (Å²) in [5, 5.41) is 18.5. The Kier molecular flexibility index (Phi) is 5.53. The molecule has 0 amide bonds. The van der Waals surface area contributed by atoms with Crippen LogP contribution in [0.3, 0.4) is 0 Å². The van der Waals surface area contributed by atoms with Crippen molar-refractivity contribution in [3.05, 3.63) is 59.8 Å². The third-order valence-electron chi connectivity index (χ3n) is 5.13. The highest BCUT2D eigenvalue weighted by Gasteiger charge is 2.44. The fourth-order valence-electron chi connectivity index (χ4n) is 3.69. The second-order valence-electron chi connectivity index (χ2n) is 6.82. The van der Waals surface area contributed by atoms with Gasteiger partial charge in [0.25, 0.3) is 0 Å². The zero-order valence-corrected chi connectivity index (χ0v) is 15.7. The molecule has 0 aliphatic rings. The normalized spacial score (nSPS) is 15.5. The van der Waals surface area contributed by atoms with Crippen molar-refractivity contribution in [2.75, 3.05) is 12.4 Å². The summed E-state index contributed by atoms with van der Waals surface area (Å²) in [7, 11) is 1.70.